The van der Waals surface area contributed by atoms with Gasteiger partial charge in [-0.25, -0.2) is 0 Å². The van der Waals surface area contributed by atoms with Crippen LogP contribution in [0.15, 0.2) is 0 Å². The second kappa shape index (κ2) is 7.99. The van der Waals surface area contributed by atoms with Crippen LogP contribution in [0.2, 0.25) is 0 Å². The highest BCUT2D eigenvalue weighted by Crippen LogP contribution is 2.23. The molecule has 2 saturated heterocycles. The molecule has 4 nitrogen and oxygen atoms in total. The van der Waals surface area contributed by atoms with E-state index >= 15 is 0 Å². The quantitative estimate of drug-likeness (QED) is 0.812. The minimum Gasteiger partial charge on any atom is -0.480 e. The normalized spacial score (nSPS) is 24.6. The van der Waals surface area contributed by atoms with Crippen molar-refractivity contribution in [1.29, 1.82) is 0 Å². The molecule has 2 rings (SSSR count). The molecule has 2 aliphatic rings. The summed E-state index contributed by atoms with van der Waals surface area (Å²) in [6.07, 6.45) is 8.18. The maximum atomic E-state index is 11.3. The molecule has 0 saturated carbocycles. The lowest BCUT2D eigenvalue weighted by Gasteiger charge is -2.38. The zero-order valence-electron chi connectivity index (χ0n) is 12.9. The third-order valence-electron chi connectivity index (χ3n) is 4.90. The van der Waals surface area contributed by atoms with Crippen LogP contribution in [-0.2, 0) is 4.79 Å². The van der Waals surface area contributed by atoms with Crippen LogP contribution < -0.4 is 0 Å². The third kappa shape index (κ3) is 4.45. The third-order valence-corrected chi connectivity index (χ3v) is 4.90. The van der Waals surface area contributed by atoms with Crippen LogP contribution >= 0.6 is 0 Å². The van der Waals surface area contributed by atoms with Crippen molar-refractivity contribution < 1.29 is 9.90 Å². The molecule has 2 aliphatic heterocycles. The minimum atomic E-state index is -0.638. The van der Waals surface area contributed by atoms with Crippen LogP contribution in [0.1, 0.15) is 51.9 Å². The van der Waals surface area contributed by atoms with Crippen LogP contribution in [0.3, 0.4) is 0 Å². The molecule has 20 heavy (non-hydrogen) atoms. The molecule has 1 atom stereocenters. The molecule has 0 aromatic heterocycles. The van der Waals surface area contributed by atoms with Gasteiger partial charge in [-0.15, -0.1) is 0 Å². The molecule has 0 spiro atoms. The molecule has 0 radical (unpaired) electrons. The first-order valence-corrected chi connectivity index (χ1v) is 8.40. The van der Waals surface area contributed by atoms with E-state index < -0.39 is 5.97 Å². The van der Waals surface area contributed by atoms with Crippen molar-refractivity contribution in [2.45, 2.75) is 57.9 Å². The first-order chi connectivity index (χ1) is 9.70. The Hall–Kier alpha value is -0.610. The lowest BCUT2D eigenvalue weighted by molar-refractivity contribution is -0.144. The first-order valence-electron chi connectivity index (χ1n) is 8.40. The fraction of sp³-hybridized carbons (Fsp3) is 0.938. The Morgan fingerprint density at radius 3 is 2.35 bits per heavy atom. The summed E-state index contributed by atoms with van der Waals surface area (Å²) in [5.74, 6) is 0.141. The van der Waals surface area contributed by atoms with Crippen molar-refractivity contribution in [3.05, 3.63) is 0 Å². The molecule has 1 N–H and O–H groups in total. The van der Waals surface area contributed by atoms with Gasteiger partial charge in [0.25, 0.3) is 0 Å². The summed E-state index contributed by atoms with van der Waals surface area (Å²) in [5.41, 5.74) is 0. The zero-order valence-corrected chi connectivity index (χ0v) is 12.9. The summed E-state index contributed by atoms with van der Waals surface area (Å²) in [6, 6.07) is -0.254. The number of nitrogens with zero attached hydrogens (tertiary/aromatic N) is 2. The zero-order chi connectivity index (χ0) is 14.4. The molecule has 2 heterocycles. The summed E-state index contributed by atoms with van der Waals surface area (Å²) in [6.45, 7) is 7.78. The first kappa shape index (κ1) is 15.8. The van der Waals surface area contributed by atoms with Crippen molar-refractivity contribution in [2.75, 3.05) is 32.7 Å². The van der Waals surface area contributed by atoms with E-state index in [-0.39, 0.29) is 6.04 Å². The highest BCUT2D eigenvalue weighted by atomic mass is 16.4. The van der Waals surface area contributed by atoms with E-state index in [1.165, 1.54) is 51.7 Å². The van der Waals surface area contributed by atoms with Crippen LogP contribution in [0.5, 0.6) is 0 Å². The van der Waals surface area contributed by atoms with Gasteiger partial charge in [0, 0.05) is 6.54 Å². The van der Waals surface area contributed by atoms with Crippen molar-refractivity contribution in [3.63, 3.8) is 0 Å². The van der Waals surface area contributed by atoms with Gasteiger partial charge in [-0.2, -0.15) is 0 Å². The second-order valence-corrected chi connectivity index (χ2v) is 6.48. The van der Waals surface area contributed by atoms with Gasteiger partial charge in [0.1, 0.15) is 6.04 Å². The van der Waals surface area contributed by atoms with E-state index in [1.807, 2.05) is 0 Å². The van der Waals surface area contributed by atoms with Gasteiger partial charge < -0.3 is 10.0 Å². The molecule has 0 aromatic carbocycles. The molecular formula is C16H30N2O2. The van der Waals surface area contributed by atoms with Crippen LogP contribution in [-0.4, -0.2) is 59.6 Å². The molecule has 2 fully saturated rings. The van der Waals surface area contributed by atoms with Gasteiger partial charge in [0.2, 0.25) is 0 Å². The molecule has 1 unspecified atom stereocenters. The summed E-state index contributed by atoms with van der Waals surface area (Å²) >= 11 is 0. The van der Waals surface area contributed by atoms with Crippen molar-refractivity contribution in [1.82, 2.24) is 9.80 Å². The smallest absolute Gasteiger partial charge is 0.320 e. The Morgan fingerprint density at radius 2 is 1.80 bits per heavy atom. The summed E-state index contributed by atoms with van der Waals surface area (Å²) in [7, 11) is 0. The van der Waals surface area contributed by atoms with Crippen LogP contribution in [0.25, 0.3) is 0 Å². The molecular weight excluding hydrogens is 252 g/mol. The molecule has 0 amide bonds. The van der Waals surface area contributed by atoms with Gasteiger partial charge >= 0.3 is 5.97 Å². The number of aliphatic carboxylic acids is 1. The Labute approximate surface area is 123 Å². The Balaban J connectivity index is 1.74. The van der Waals surface area contributed by atoms with Crippen LogP contribution in [0.4, 0.5) is 0 Å². The van der Waals surface area contributed by atoms with E-state index in [0.29, 0.717) is 0 Å². The number of carboxylic acid groups (broad SMARTS) is 1. The molecule has 4 heteroatoms. The average Bonchev–Trinajstić information content (AvgIpc) is 2.47. The van der Waals surface area contributed by atoms with Gasteiger partial charge in [0.15, 0.2) is 0 Å². The van der Waals surface area contributed by atoms with Gasteiger partial charge in [-0.1, -0.05) is 19.8 Å². The number of carboxylic acids is 1. The topological polar surface area (TPSA) is 43.8 Å². The second-order valence-electron chi connectivity index (χ2n) is 6.48. The average molecular weight is 282 g/mol. The largest absolute Gasteiger partial charge is 0.480 e. The molecule has 0 aliphatic carbocycles. The monoisotopic (exact) mass is 282 g/mol. The number of rotatable bonds is 6. The molecule has 0 aromatic rings. The van der Waals surface area contributed by atoms with E-state index in [2.05, 4.69) is 16.7 Å². The number of likely N-dealkylation sites (tertiary alicyclic amines) is 2. The van der Waals surface area contributed by atoms with E-state index in [1.54, 1.807) is 0 Å². The fourth-order valence-electron chi connectivity index (χ4n) is 3.69. The maximum Gasteiger partial charge on any atom is 0.320 e. The standard InChI is InChI=1S/C16H30N2O2/c1-2-6-15(16(19)20)18-11-7-14(8-12-18)13-17-9-4-3-5-10-17/h14-15H,2-13H2,1H3,(H,19,20). The summed E-state index contributed by atoms with van der Waals surface area (Å²) in [4.78, 5) is 16.1. The molecule has 116 valence electrons. The van der Waals surface area contributed by atoms with Crippen molar-refractivity contribution >= 4 is 5.97 Å². The minimum absolute atomic E-state index is 0.254. The maximum absolute atomic E-state index is 11.3. The molecule has 0 bridgehead atoms. The van der Waals surface area contributed by atoms with Gasteiger partial charge in [0.05, 0.1) is 0 Å². The van der Waals surface area contributed by atoms with E-state index in [4.69, 9.17) is 0 Å². The Morgan fingerprint density at radius 1 is 1.15 bits per heavy atom. The Bertz CT molecular complexity index is 295. The van der Waals surface area contributed by atoms with Crippen LogP contribution in [0, 0.1) is 5.92 Å². The lowest BCUT2D eigenvalue weighted by atomic mass is 9.93. The van der Waals surface area contributed by atoms with E-state index in [0.717, 1.165) is 31.8 Å². The van der Waals surface area contributed by atoms with Crippen molar-refractivity contribution in [3.8, 4) is 0 Å². The number of carbonyl (C=O) groups is 1. The predicted octanol–water partition coefficient (Wildman–Crippen LogP) is 2.44. The number of hydrogen-bond acceptors (Lipinski definition) is 3. The van der Waals surface area contributed by atoms with Crippen molar-refractivity contribution in [2.24, 2.45) is 5.92 Å². The van der Waals surface area contributed by atoms with Gasteiger partial charge in [-0.3, -0.25) is 9.69 Å². The summed E-state index contributed by atoms with van der Waals surface area (Å²) < 4.78 is 0. The SMILES string of the molecule is CCCC(C(=O)O)N1CCC(CN2CCCCC2)CC1. The summed E-state index contributed by atoms with van der Waals surface area (Å²) in [5, 5.41) is 9.33. The highest BCUT2D eigenvalue weighted by Gasteiger charge is 2.29. The van der Waals surface area contributed by atoms with Gasteiger partial charge in [-0.05, 0) is 64.2 Å². The fourth-order valence-corrected chi connectivity index (χ4v) is 3.69. The highest BCUT2D eigenvalue weighted by molar-refractivity contribution is 5.73. The predicted molar refractivity (Wildman–Crippen MR) is 80.9 cm³/mol. The van der Waals surface area contributed by atoms with E-state index in [9.17, 15) is 9.90 Å². The number of hydrogen-bond donors (Lipinski definition) is 1. The number of piperidine rings is 2. The Kier molecular flexibility index (Phi) is 6.30. The lowest BCUT2D eigenvalue weighted by Crippen LogP contribution is -2.47.